The van der Waals surface area contributed by atoms with Crippen molar-refractivity contribution in [2.75, 3.05) is 19.6 Å². The molecule has 16 heavy (non-hydrogen) atoms. The summed E-state index contributed by atoms with van der Waals surface area (Å²) in [5.74, 6) is 0. The quantitative estimate of drug-likeness (QED) is 0.760. The fourth-order valence-corrected chi connectivity index (χ4v) is 3.08. The Balaban J connectivity index is 1.68. The van der Waals surface area contributed by atoms with E-state index in [1.54, 1.807) is 0 Å². The van der Waals surface area contributed by atoms with Gasteiger partial charge in [-0.3, -0.25) is 0 Å². The summed E-state index contributed by atoms with van der Waals surface area (Å²) in [6.45, 7) is 5.96. The van der Waals surface area contributed by atoms with Gasteiger partial charge in [-0.15, -0.1) is 0 Å². The number of piperidine rings is 1. The number of aliphatic hydroxyl groups excluding tert-OH is 1. The van der Waals surface area contributed by atoms with Crippen LogP contribution in [0.25, 0.3) is 0 Å². The van der Waals surface area contributed by atoms with Gasteiger partial charge in [-0.25, -0.2) is 0 Å². The maximum Gasteiger partial charge on any atom is 0.0693 e. The highest BCUT2D eigenvalue weighted by Crippen LogP contribution is 2.21. The molecule has 1 aliphatic heterocycles. The lowest BCUT2D eigenvalue weighted by molar-refractivity contribution is 0.127. The molecule has 0 amide bonds. The fraction of sp³-hybridized carbons (Fsp3) is 1.00. The topological polar surface area (TPSA) is 35.5 Å². The summed E-state index contributed by atoms with van der Waals surface area (Å²) in [7, 11) is 0. The summed E-state index contributed by atoms with van der Waals surface area (Å²) in [5, 5.41) is 13.4. The van der Waals surface area contributed by atoms with Crippen molar-refractivity contribution in [3.05, 3.63) is 0 Å². The minimum Gasteiger partial charge on any atom is -0.392 e. The minimum atomic E-state index is -0.0892. The lowest BCUT2D eigenvalue weighted by Crippen LogP contribution is -2.48. The lowest BCUT2D eigenvalue weighted by atomic mass is 10.0. The first kappa shape index (κ1) is 12.3. The molecular formula is C13H26N2O. The Bertz CT molecular complexity index is 202. The predicted molar refractivity (Wildman–Crippen MR) is 66.5 cm³/mol. The molecule has 2 aliphatic rings. The molecule has 2 atom stereocenters. The molecule has 0 unspecified atom stereocenters. The Kier molecular flexibility index (Phi) is 4.62. The van der Waals surface area contributed by atoms with E-state index in [0.717, 1.165) is 12.8 Å². The normalized spacial score (nSPS) is 33.4. The lowest BCUT2D eigenvalue weighted by Gasteiger charge is -2.34. The highest BCUT2D eigenvalue weighted by molar-refractivity contribution is 4.87. The number of nitrogens with zero attached hydrogens (tertiary/aromatic N) is 1. The molecule has 2 N–H and O–H groups in total. The monoisotopic (exact) mass is 226 g/mol. The van der Waals surface area contributed by atoms with E-state index in [4.69, 9.17) is 0 Å². The molecule has 0 aromatic heterocycles. The Morgan fingerprint density at radius 2 is 1.94 bits per heavy atom. The predicted octanol–water partition coefficient (Wildman–Crippen LogP) is 1.36. The van der Waals surface area contributed by atoms with Gasteiger partial charge in [0.1, 0.15) is 0 Å². The summed E-state index contributed by atoms with van der Waals surface area (Å²) >= 11 is 0. The Morgan fingerprint density at radius 1 is 1.19 bits per heavy atom. The number of hydrogen-bond acceptors (Lipinski definition) is 3. The summed E-state index contributed by atoms with van der Waals surface area (Å²) in [6.07, 6.45) is 7.02. The van der Waals surface area contributed by atoms with Gasteiger partial charge in [0.25, 0.3) is 0 Å². The first-order valence-electron chi connectivity index (χ1n) is 6.96. The van der Waals surface area contributed by atoms with Crippen LogP contribution in [0.3, 0.4) is 0 Å². The zero-order valence-corrected chi connectivity index (χ0v) is 10.5. The van der Waals surface area contributed by atoms with Gasteiger partial charge in [0.2, 0.25) is 0 Å². The van der Waals surface area contributed by atoms with Crippen molar-refractivity contribution in [2.24, 2.45) is 0 Å². The van der Waals surface area contributed by atoms with Crippen molar-refractivity contribution in [3.8, 4) is 0 Å². The molecule has 3 heteroatoms. The summed E-state index contributed by atoms with van der Waals surface area (Å²) in [6, 6.07) is 1.02. The average Bonchev–Trinajstić information content (AvgIpc) is 2.68. The van der Waals surface area contributed by atoms with E-state index in [0.29, 0.717) is 12.1 Å². The third kappa shape index (κ3) is 3.19. The molecule has 1 heterocycles. The largest absolute Gasteiger partial charge is 0.392 e. The standard InChI is InChI=1S/C13H26N2O/c1-2-8-15-9-6-11(7-10-15)14-12-4-3-5-13(12)16/h11-14,16H,2-10H2,1H3/t12-,13-/m0/s1. The van der Waals surface area contributed by atoms with Crippen LogP contribution in [0.2, 0.25) is 0 Å². The van der Waals surface area contributed by atoms with Crippen LogP contribution in [0.5, 0.6) is 0 Å². The van der Waals surface area contributed by atoms with Crippen molar-refractivity contribution in [1.29, 1.82) is 0 Å². The van der Waals surface area contributed by atoms with Gasteiger partial charge in [-0.2, -0.15) is 0 Å². The zero-order chi connectivity index (χ0) is 11.4. The van der Waals surface area contributed by atoms with Gasteiger partial charge in [0.05, 0.1) is 6.10 Å². The summed E-state index contributed by atoms with van der Waals surface area (Å²) in [5.41, 5.74) is 0. The molecule has 1 aliphatic carbocycles. The molecule has 0 spiro atoms. The first-order chi connectivity index (χ1) is 7.79. The van der Waals surface area contributed by atoms with Crippen LogP contribution in [0.4, 0.5) is 0 Å². The molecule has 2 rings (SSSR count). The number of hydrogen-bond donors (Lipinski definition) is 2. The van der Waals surface area contributed by atoms with Crippen LogP contribution in [0.1, 0.15) is 45.4 Å². The van der Waals surface area contributed by atoms with Crippen LogP contribution in [-0.4, -0.2) is 47.8 Å². The van der Waals surface area contributed by atoms with E-state index in [9.17, 15) is 5.11 Å². The first-order valence-corrected chi connectivity index (χ1v) is 6.96. The molecular weight excluding hydrogens is 200 g/mol. The Hall–Kier alpha value is -0.120. The van der Waals surface area contributed by atoms with E-state index in [1.807, 2.05) is 0 Å². The molecule has 1 saturated heterocycles. The van der Waals surface area contributed by atoms with Crippen molar-refractivity contribution in [1.82, 2.24) is 10.2 Å². The van der Waals surface area contributed by atoms with E-state index in [-0.39, 0.29) is 6.10 Å². The maximum atomic E-state index is 9.78. The van der Waals surface area contributed by atoms with Gasteiger partial charge in [-0.1, -0.05) is 6.92 Å². The molecule has 0 radical (unpaired) electrons. The second-order valence-corrected chi connectivity index (χ2v) is 5.39. The molecule has 0 bridgehead atoms. The molecule has 2 fully saturated rings. The minimum absolute atomic E-state index is 0.0892. The second-order valence-electron chi connectivity index (χ2n) is 5.39. The summed E-state index contributed by atoms with van der Waals surface area (Å²) < 4.78 is 0. The Morgan fingerprint density at radius 3 is 2.50 bits per heavy atom. The van der Waals surface area contributed by atoms with Crippen molar-refractivity contribution < 1.29 is 5.11 Å². The van der Waals surface area contributed by atoms with Crippen LogP contribution in [0.15, 0.2) is 0 Å². The van der Waals surface area contributed by atoms with Gasteiger partial charge < -0.3 is 15.3 Å². The van der Waals surface area contributed by atoms with E-state index in [1.165, 1.54) is 45.3 Å². The number of nitrogens with one attached hydrogen (secondary N) is 1. The van der Waals surface area contributed by atoms with Gasteiger partial charge in [0.15, 0.2) is 0 Å². The molecule has 0 aromatic carbocycles. The third-order valence-corrected chi connectivity index (χ3v) is 4.06. The highest BCUT2D eigenvalue weighted by Gasteiger charge is 2.28. The van der Waals surface area contributed by atoms with Crippen LogP contribution in [-0.2, 0) is 0 Å². The van der Waals surface area contributed by atoms with E-state index in [2.05, 4.69) is 17.1 Å². The number of likely N-dealkylation sites (tertiary alicyclic amines) is 1. The van der Waals surface area contributed by atoms with Gasteiger partial charge in [0, 0.05) is 12.1 Å². The van der Waals surface area contributed by atoms with Gasteiger partial charge in [-0.05, 0) is 58.2 Å². The van der Waals surface area contributed by atoms with E-state index < -0.39 is 0 Å². The highest BCUT2D eigenvalue weighted by atomic mass is 16.3. The smallest absolute Gasteiger partial charge is 0.0693 e. The SMILES string of the molecule is CCCN1CCC(N[C@H]2CCC[C@@H]2O)CC1. The second kappa shape index (κ2) is 5.99. The molecule has 94 valence electrons. The zero-order valence-electron chi connectivity index (χ0n) is 10.5. The van der Waals surface area contributed by atoms with E-state index >= 15 is 0 Å². The molecule has 0 aromatic rings. The average molecular weight is 226 g/mol. The maximum absolute atomic E-state index is 9.78. The van der Waals surface area contributed by atoms with Crippen LogP contribution < -0.4 is 5.32 Å². The van der Waals surface area contributed by atoms with Gasteiger partial charge >= 0.3 is 0 Å². The summed E-state index contributed by atoms with van der Waals surface area (Å²) in [4.78, 5) is 2.56. The Labute approximate surface area is 99.2 Å². The molecule has 1 saturated carbocycles. The number of aliphatic hydroxyl groups is 1. The van der Waals surface area contributed by atoms with Crippen molar-refractivity contribution in [3.63, 3.8) is 0 Å². The third-order valence-electron chi connectivity index (χ3n) is 4.06. The van der Waals surface area contributed by atoms with Crippen LogP contribution in [0, 0.1) is 0 Å². The van der Waals surface area contributed by atoms with Crippen molar-refractivity contribution >= 4 is 0 Å². The number of rotatable bonds is 4. The van der Waals surface area contributed by atoms with Crippen molar-refractivity contribution in [2.45, 2.75) is 63.6 Å². The molecule has 3 nitrogen and oxygen atoms in total. The fourth-order valence-electron chi connectivity index (χ4n) is 3.08. The van der Waals surface area contributed by atoms with Crippen LogP contribution >= 0.6 is 0 Å².